The lowest BCUT2D eigenvalue weighted by Crippen LogP contribution is -2.17. The third kappa shape index (κ3) is 3.95. The van der Waals surface area contributed by atoms with Crippen molar-refractivity contribution in [3.8, 4) is 22.8 Å². The van der Waals surface area contributed by atoms with E-state index >= 15 is 0 Å². The highest BCUT2D eigenvalue weighted by Crippen LogP contribution is 2.42. The van der Waals surface area contributed by atoms with Crippen molar-refractivity contribution in [2.75, 3.05) is 12.3 Å². The number of amides is 1. The summed E-state index contributed by atoms with van der Waals surface area (Å²) in [4.78, 5) is 31.7. The van der Waals surface area contributed by atoms with Crippen LogP contribution >= 0.6 is 0 Å². The SMILES string of the molecule is NC(=O)c1c(OCc2ccccn2)cc(-c2cnc3c(c2)CCCO3)c([N+](=O)[O-])c1N. The Hall–Kier alpha value is -4.21. The van der Waals surface area contributed by atoms with E-state index in [9.17, 15) is 14.9 Å². The minimum absolute atomic E-state index is 0.0219. The molecule has 1 aliphatic heterocycles. The van der Waals surface area contributed by atoms with E-state index in [1.165, 1.54) is 12.3 Å². The largest absolute Gasteiger partial charge is 0.486 e. The zero-order chi connectivity index (χ0) is 22.0. The standard InChI is InChI=1S/C21H19N5O5/c22-18-17(20(23)27)16(31-11-14-5-1-2-6-24-14)9-15(19(18)26(28)29)13-8-12-4-3-7-30-21(12)25-10-13/h1-2,5-6,8-10H,3-4,7,11,22H2,(H2,23,27). The van der Waals surface area contributed by atoms with Crippen molar-refractivity contribution < 1.29 is 19.2 Å². The Kier molecular flexibility index (Phi) is 5.35. The van der Waals surface area contributed by atoms with Gasteiger partial charge in [-0.15, -0.1) is 0 Å². The smallest absolute Gasteiger partial charge is 0.301 e. The molecule has 0 saturated carbocycles. The molecule has 1 amide bonds. The Labute approximate surface area is 177 Å². The van der Waals surface area contributed by atoms with Gasteiger partial charge < -0.3 is 20.9 Å². The van der Waals surface area contributed by atoms with E-state index in [4.69, 9.17) is 20.9 Å². The maximum Gasteiger partial charge on any atom is 0.301 e. The van der Waals surface area contributed by atoms with E-state index in [0.717, 1.165) is 18.4 Å². The summed E-state index contributed by atoms with van der Waals surface area (Å²) in [6.07, 6.45) is 4.63. The number of aryl methyl sites for hydroxylation is 1. The van der Waals surface area contributed by atoms with Gasteiger partial charge in [0.15, 0.2) is 0 Å². The van der Waals surface area contributed by atoms with Crippen LogP contribution in [0.2, 0.25) is 0 Å². The molecule has 0 aliphatic carbocycles. The van der Waals surface area contributed by atoms with Crippen molar-refractivity contribution >= 4 is 17.3 Å². The first-order chi connectivity index (χ1) is 15.0. The zero-order valence-electron chi connectivity index (χ0n) is 16.4. The number of pyridine rings is 2. The van der Waals surface area contributed by atoms with Crippen molar-refractivity contribution in [1.29, 1.82) is 0 Å². The van der Waals surface area contributed by atoms with Gasteiger partial charge >= 0.3 is 5.69 Å². The Morgan fingerprint density at radius 2 is 2.13 bits per heavy atom. The lowest BCUT2D eigenvalue weighted by molar-refractivity contribution is -0.383. The van der Waals surface area contributed by atoms with Gasteiger partial charge in [-0.2, -0.15) is 0 Å². The van der Waals surface area contributed by atoms with Crippen molar-refractivity contribution in [2.24, 2.45) is 5.73 Å². The Morgan fingerprint density at radius 1 is 1.29 bits per heavy atom. The second-order valence-electron chi connectivity index (χ2n) is 6.93. The number of anilines is 1. The van der Waals surface area contributed by atoms with Crippen molar-refractivity contribution in [1.82, 2.24) is 9.97 Å². The molecular formula is C21H19N5O5. The Bertz CT molecular complexity index is 1170. The molecule has 1 aliphatic rings. The summed E-state index contributed by atoms with van der Waals surface area (Å²) in [5.74, 6) is -0.392. The average molecular weight is 421 g/mol. The molecule has 158 valence electrons. The van der Waals surface area contributed by atoms with Crippen LogP contribution in [0.1, 0.15) is 28.0 Å². The van der Waals surface area contributed by atoms with Crippen molar-refractivity contribution in [2.45, 2.75) is 19.4 Å². The molecule has 4 N–H and O–H groups in total. The molecule has 31 heavy (non-hydrogen) atoms. The summed E-state index contributed by atoms with van der Waals surface area (Å²) in [7, 11) is 0. The number of nitro benzene ring substituents is 1. The van der Waals surface area contributed by atoms with Crippen LogP contribution in [0, 0.1) is 10.1 Å². The molecule has 1 aromatic carbocycles. The van der Waals surface area contributed by atoms with Crippen LogP contribution in [0.4, 0.5) is 11.4 Å². The van der Waals surface area contributed by atoms with Gasteiger partial charge in [0.1, 0.15) is 23.6 Å². The predicted octanol–water partition coefficient (Wildman–Crippen LogP) is 2.64. The van der Waals surface area contributed by atoms with Crippen LogP contribution < -0.4 is 20.9 Å². The van der Waals surface area contributed by atoms with E-state index in [1.807, 2.05) is 0 Å². The molecule has 0 saturated heterocycles. The predicted molar refractivity (Wildman–Crippen MR) is 112 cm³/mol. The van der Waals surface area contributed by atoms with Crippen LogP contribution in [0.5, 0.6) is 11.6 Å². The second-order valence-corrected chi connectivity index (χ2v) is 6.93. The van der Waals surface area contributed by atoms with Crippen molar-refractivity contribution in [3.05, 3.63) is 69.7 Å². The molecule has 4 rings (SSSR count). The number of primary amides is 1. The van der Waals surface area contributed by atoms with Gasteiger partial charge in [0.25, 0.3) is 5.91 Å². The number of hydrogen-bond acceptors (Lipinski definition) is 8. The first-order valence-electron chi connectivity index (χ1n) is 9.51. The third-order valence-corrected chi connectivity index (χ3v) is 4.90. The van der Waals surface area contributed by atoms with Gasteiger partial charge in [0.05, 0.1) is 22.8 Å². The van der Waals surface area contributed by atoms with Crippen LogP contribution in [0.3, 0.4) is 0 Å². The zero-order valence-corrected chi connectivity index (χ0v) is 16.4. The number of nitrogen functional groups attached to an aromatic ring is 1. The second kappa shape index (κ2) is 8.27. The van der Waals surface area contributed by atoms with Gasteiger partial charge in [0, 0.05) is 23.5 Å². The van der Waals surface area contributed by atoms with Gasteiger partial charge in [-0.1, -0.05) is 6.07 Å². The van der Waals surface area contributed by atoms with Crippen LogP contribution in [0.15, 0.2) is 42.7 Å². The molecule has 0 atom stereocenters. The molecule has 10 heteroatoms. The van der Waals surface area contributed by atoms with E-state index in [0.29, 0.717) is 23.7 Å². The lowest BCUT2D eigenvalue weighted by Gasteiger charge is -2.18. The molecule has 2 aromatic heterocycles. The number of rotatable bonds is 6. The highest BCUT2D eigenvalue weighted by molar-refractivity contribution is 6.05. The number of carbonyl (C=O) groups excluding carboxylic acids is 1. The number of ether oxygens (including phenoxy) is 2. The average Bonchev–Trinajstić information content (AvgIpc) is 2.77. The maximum absolute atomic E-state index is 12.1. The molecule has 10 nitrogen and oxygen atoms in total. The minimum atomic E-state index is -0.930. The fourth-order valence-corrected chi connectivity index (χ4v) is 3.47. The van der Waals surface area contributed by atoms with E-state index in [-0.39, 0.29) is 29.2 Å². The van der Waals surface area contributed by atoms with Crippen LogP contribution in [-0.2, 0) is 13.0 Å². The number of nitrogens with zero attached hydrogens (tertiary/aromatic N) is 3. The van der Waals surface area contributed by atoms with Crippen molar-refractivity contribution in [3.63, 3.8) is 0 Å². The van der Waals surface area contributed by atoms with E-state index in [2.05, 4.69) is 9.97 Å². The number of aromatic nitrogens is 2. The summed E-state index contributed by atoms with van der Waals surface area (Å²) in [5, 5.41) is 11.8. The molecular weight excluding hydrogens is 402 g/mol. The summed E-state index contributed by atoms with van der Waals surface area (Å²) in [6.45, 7) is 0.597. The highest BCUT2D eigenvalue weighted by Gasteiger charge is 2.29. The summed E-state index contributed by atoms with van der Waals surface area (Å²) in [5.41, 5.74) is 12.5. The number of nitrogens with two attached hydrogens (primary N) is 2. The highest BCUT2D eigenvalue weighted by atomic mass is 16.6. The Balaban J connectivity index is 1.84. The van der Waals surface area contributed by atoms with Gasteiger partial charge in [-0.3, -0.25) is 19.9 Å². The first-order valence-corrected chi connectivity index (χ1v) is 9.51. The van der Waals surface area contributed by atoms with E-state index in [1.54, 1.807) is 30.5 Å². The van der Waals surface area contributed by atoms with Crippen LogP contribution in [0.25, 0.3) is 11.1 Å². The summed E-state index contributed by atoms with van der Waals surface area (Å²) < 4.78 is 11.3. The lowest BCUT2D eigenvalue weighted by atomic mass is 9.97. The van der Waals surface area contributed by atoms with Gasteiger partial charge in [-0.05, 0) is 37.1 Å². The van der Waals surface area contributed by atoms with Gasteiger partial charge in [-0.25, -0.2) is 4.98 Å². The number of carbonyl (C=O) groups is 1. The number of hydrogen-bond donors (Lipinski definition) is 2. The number of benzene rings is 1. The first kappa shape index (κ1) is 20.1. The monoisotopic (exact) mass is 421 g/mol. The summed E-state index contributed by atoms with van der Waals surface area (Å²) >= 11 is 0. The van der Waals surface area contributed by atoms with Gasteiger partial charge in [0.2, 0.25) is 5.88 Å². The van der Waals surface area contributed by atoms with E-state index < -0.39 is 16.5 Å². The third-order valence-electron chi connectivity index (χ3n) is 4.90. The fourth-order valence-electron chi connectivity index (χ4n) is 3.47. The molecule has 3 heterocycles. The summed E-state index contributed by atoms with van der Waals surface area (Å²) in [6, 6.07) is 8.46. The normalized spacial score (nSPS) is 12.5. The maximum atomic E-state index is 12.1. The molecule has 3 aromatic rings. The molecule has 0 radical (unpaired) electrons. The Morgan fingerprint density at radius 3 is 2.84 bits per heavy atom. The quantitative estimate of drug-likeness (QED) is 0.349. The molecule has 0 fully saturated rings. The number of nitro groups is 1. The molecule has 0 bridgehead atoms. The minimum Gasteiger partial charge on any atom is -0.486 e. The van der Waals surface area contributed by atoms with Crippen LogP contribution in [-0.4, -0.2) is 27.4 Å². The molecule has 0 unspecified atom stereocenters. The topological polar surface area (TPSA) is 156 Å². The fraction of sp³-hybridized carbons (Fsp3) is 0.190. The number of fused-ring (bicyclic) bond motifs is 1. The molecule has 0 spiro atoms.